The van der Waals surface area contributed by atoms with E-state index in [2.05, 4.69) is 10.3 Å². The van der Waals surface area contributed by atoms with Crippen LogP contribution in [0.5, 0.6) is 0 Å². The van der Waals surface area contributed by atoms with E-state index in [0.717, 1.165) is 11.1 Å². The van der Waals surface area contributed by atoms with E-state index in [1.54, 1.807) is 13.1 Å². The summed E-state index contributed by atoms with van der Waals surface area (Å²) < 4.78 is 1.41. The summed E-state index contributed by atoms with van der Waals surface area (Å²) in [4.78, 5) is 37.4. The second kappa shape index (κ2) is 5.73. The van der Waals surface area contributed by atoms with Crippen molar-refractivity contribution in [3.63, 3.8) is 0 Å². The van der Waals surface area contributed by atoms with Crippen molar-refractivity contribution >= 4 is 23.2 Å². The average molecular weight is 275 g/mol. The van der Waals surface area contributed by atoms with Gasteiger partial charge in [0.05, 0.1) is 17.1 Å². The molecule has 1 atom stereocenters. The summed E-state index contributed by atoms with van der Waals surface area (Å²) in [6, 6.07) is 4.87. The minimum absolute atomic E-state index is 0.152. The number of H-pyrrole nitrogens is 1. The van der Waals surface area contributed by atoms with Crippen molar-refractivity contribution in [3.05, 3.63) is 34.2 Å². The number of fused-ring (bicyclic) bond motifs is 1. The van der Waals surface area contributed by atoms with Crippen LogP contribution in [-0.4, -0.2) is 28.8 Å². The molecule has 1 heterocycles. The highest BCUT2D eigenvalue weighted by Gasteiger charge is 2.18. The number of imidazole rings is 1. The molecule has 0 saturated carbocycles. The number of aromatic amines is 1. The van der Waals surface area contributed by atoms with Crippen LogP contribution in [0, 0.1) is 6.92 Å². The molecule has 106 valence electrons. The van der Waals surface area contributed by atoms with Crippen molar-refractivity contribution < 1.29 is 9.59 Å². The van der Waals surface area contributed by atoms with E-state index in [9.17, 15) is 14.4 Å². The number of hydrogen-bond donors (Lipinski definition) is 2. The highest BCUT2D eigenvalue weighted by molar-refractivity contribution is 5.80. The normalized spacial score (nSPS) is 12.3. The van der Waals surface area contributed by atoms with Crippen LogP contribution in [0.25, 0.3) is 11.0 Å². The summed E-state index contributed by atoms with van der Waals surface area (Å²) >= 11 is 0. The molecule has 0 radical (unpaired) electrons. The van der Waals surface area contributed by atoms with Crippen molar-refractivity contribution in [3.8, 4) is 0 Å². The Balaban J connectivity index is 2.42. The van der Waals surface area contributed by atoms with E-state index in [4.69, 9.17) is 0 Å². The molecule has 0 aliphatic rings. The minimum Gasteiger partial charge on any atom is -0.359 e. The quantitative estimate of drug-likeness (QED) is 0.795. The predicted molar refractivity (Wildman–Crippen MR) is 75.7 cm³/mol. The molecular weight excluding hydrogens is 258 g/mol. The number of rotatable bonds is 5. The molecule has 2 rings (SSSR count). The highest BCUT2D eigenvalue weighted by Crippen LogP contribution is 2.19. The van der Waals surface area contributed by atoms with E-state index >= 15 is 0 Å². The number of nitrogens with zero attached hydrogens (tertiary/aromatic N) is 1. The number of aldehydes is 1. The van der Waals surface area contributed by atoms with Gasteiger partial charge in [-0.3, -0.25) is 9.36 Å². The van der Waals surface area contributed by atoms with E-state index in [1.165, 1.54) is 4.57 Å². The first-order valence-electron chi connectivity index (χ1n) is 6.44. The molecule has 0 bridgehead atoms. The first-order chi connectivity index (χ1) is 9.58. The van der Waals surface area contributed by atoms with Crippen molar-refractivity contribution in [1.82, 2.24) is 14.9 Å². The zero-order valence-electron chi connectivity index (χ0n) is 11.5. The second-order valence-corrected chi connectivity index (χ2v) is 4.68. The number of para-hydroxylation sites is 1. The average Bonchev–Trinajstić information content (AvgIpc) is 2.78. The van der Waals surface area contributed by atoms with Gasteiger partial charge in [-0.1, -0.05) is 12.1 Å². The lowest BCUT2D eigenvalue weighted by Crippen LogP contribution is -2.25. The smallest absolute Gasteiger partial charge is 0.327 e. The number of nitrogens with one attached hydrogen (secondary N) is 2. The van der Waals surface area contributed by atoms with Gasteiger partial charge in [0.25, 0.3) is 0 Å². The third kappa shape index (κ3) is 2.49. The standard InChI is InChI=1S/C14H17N3O3/c1-9-4-3-5-11-13(9)16-14(20)17(11)10(8-18)6-7-12(19)15-2/h3-5,8,10H,6-7H2,1-2H3,(H,15,19)(H,16,20). The maximum atomic E-state index is 12.1. The molecule has 0 spiro atoms. The number of aromatic nitrogens is 2. The van der Waals surface area contributed by atoms with Gasteiger partial charge in [0.1, 0.15) is 6.29 Å². The summed E-state index contributed by atoms with van der Waals surface area (Å²) in [7, 11) is 1.54. The fraction of sp³-hybridized carbons (Fsp3) is 0.357. The van der Waals surface area contributed by atoms with E-state index in [-0.39, 0.29) is 18.0 Å². The second-order valence-electron chi connectivity index (χ2n) is 4.68. The van der Waals surface area contributed by atoms with E-state index < -0.39 is 6.04 Å². The zero-order chi connectivity index (χ0) is 14.7. The Hall–Kier alpha value is -2.37. The van der Waals surface area contributed by atoms with E-state index in [1.807, 2.05) is 19.1 Å². The van der Waals surface area contributed by atoms with E-state index in [0.29, 0.717) is 18.2 Å². The van der Waals surface area contributed by atoms with Crippen LogP contribution in [0.3, 0.4) is 0 Å². The molecule has 0 saturated heterocycles. The zero-order valence-corrected chi connectivity index (χ0v) is 11.5. The van der Waals surface area contributed by atoms with Gasteiger partial charge >= 0.3 is 5.69 Å². The summed E-state index contributed by atoms with van der Waals surface area (Å²) in [5.41, 5.74) is 2.02. The van der Waals surface area contributed by atoms with Crippen LogP contribution in [0.4, 0.5) is 0 Å². The summed E-state index contributed by atoms with van der Waals surface area (Å²) in [5, 5.41) is 2.50. The maximum Gasteiger partial charge on any atom is 0.327 e. The Bertz CT molecular complexity index is 699. The van der Waals surface area contributed by atoms with Gasteiger partial charge in [0.2, 0.25) is 5.91 Å². The molecule has 1 unspecified atom stereocenters. The Labute approximate surface area is 115 Å². The van der Waals surface area contributed by atoms with Crippen LogP contribution in [-0.2, 0) is 9.59 Å². The van der Waals surface area contributed by atoms with Crippen molar-refractivity contribution in [2.75, 3.05) is 7.05 Å². The molecule has 1 amide bonds. The molecule has 6 heteroatoms. The third-order valence-corrected chi connectivity index (χ3v) is 3.40. The number of benzene rings is 1. The lowest BCUT2D eigenvalue weighted by Gasteiger charge is -2.11. The number of aryl methyl sites for hydroxylation is 1. The topological polar surface area (TPSA) is 84.0 Å². The van der Waals surface area contributed by atoms with Gasteiger partial charge in [0.15, 0.2) is 0 Å². The highest BCUT2D eigenvalue weighted by atomic mass is 16.2. The molecule has 0 aliphatic carbocycles. The monoisotopic (exact) mass is 275 g/mol. The van der Waals surface area contributed by atoms with Crippen LogP contribution in [0.1, 0.15) is 24.4 Å². The SMILES string of the molecule is CNC(=O)CCC(C=O)n1c(=O)[nH]c2c(C)cccc21. The summed E-state index contributed by atoms with van der Waals surface area (Å²) in [6.07, 6.45) is 1.20. The Morgan fingerprint density at radius 3 is 2.90 bits per heavy atom. The molecular formula is C14H17N3O3. The Morgan fingerprint density at radius 1 is 1.50 bits per heavy atom. The molecule has 2 N–H and O–H groups in total. The first kappa shape index (κ1) is 14.0. The van der Waals surface area contributed by atoms with Gasteiger partial charge in [-0.05, 0) is 25.0 Å². The van der Waals surface area contributed by atoms with Crippen molar-refractivity contribution in [1.29, 1.82) is 0 Å². The fourth-order valence-corrected chi connectivity index (χ4v) is 2.28. The minimum atomic E-state index is -0.643. The van der Waals surface area contributed by atoms with Gasteiger partial charge in [-0.25, -0.2) is 4.79 Å². The van der Waals surface area contributed by atoms with Gasteiger partial charge in [-0.2, -0.15) is 0 Å². The van der Waals surface area contributed by atoms with Crippen molar-refractivity contribution in [2.45, 2.75) is 25.8 Å². The molecule has 1 aromatic carbocycles. The largest absolute Gasteiger partial charge is 0.359 e. The van der Waals surface area contributed by atoms with Crippen LogP contribution >= 0.6 is 0 Å². The maximum absolute atomic E-state index is 12.1. The Kier molecular flexibility index (Phi) is 4.02. The Morgan fingerprint density at radius 2 is 2.25 bits per heavy atom. The van der Waals surface area contributed by atoms with Crippen LogP contribution < -0.4 is 11.0 Å². The number of amides is 1. The lowest BCUT2D eigenvalue weighted by atomic mass is 10.1. The molecule has 0 aliphatic heterocycles. The first-order valence-corrected chi connectivity index (χ1v) is 6.44. The number of hydrogen-bond acceptors (Lipinski definition) is 3. The molecule has 2 aromatic rings. The predicted octanol–water partition coefficient (Wildman–Crippen LogP) is 0.904. The molecule has 0 fully saturated rings. The molecule has 1 aromatic heterocycles. The summed E-state index contributed by atoms with van der Waals surface area (Å²) in [5.74, 6) is -0.152. The van der Waals surface area contributed by atoms with Crippen LogP contribution in [0.15, 0.2) is 23.0 Å². The van der Waals surface area contributed by atoms with Gasteiger partial charge < -0.3 is 15.1 Å². The number of carbonyl (C=O) groups excluding carboxylic acids is 2. The van der Waals surface area contributed by atoms with Crippen molar-refractivity contribution in [2.24, 2.45) is 0 Å². The number of carbonyl (C=O) groups is 2. The summed E-state index contributed by atoms with van der Waals surface area (Å²) in [6.45, 7) is 1.89. The fourth-order valence-electron chi connectivity index (χ4n) is 2.28. The third-order valence-electron chi connectivity index (χ3n) is 3.40. The van der Waals surface area contributed by atoms with Gasteiger partial charge in [-0.15, -0.1) is 0 Å². The van der Waals surface area contributed by atoms with Crippen LogP contribution in [0.2, 0.25) is 0 Å². The molecule has 6 nitrogen and oxygen atoms in total. The lowest BCUT2D eigenvalue weighted by molar-refractivity contribution is -0.121. The van der Waals surface area contributed by atoms with Gasteiger partial charge in [0, 0.05) is 13.5 Å². The molecule has 20 heavy (non-hydrogen) atoms.